The Labute approximate surface area is 166 Å². The Kier molecular flexibility index (Phi) is 2.87. The second kappa shape index (κ2) is 4.88. The second-order valence-corrected chi connectivity index (χ2v) is 10.5. The minimum absolute atomic E-state index is 0.00856. The molecule has 0 aromatic heterocycles. The van der Waals surface area contributed by atoms with Crippen LogP contribution < -0.4 is 10.5 Å². The summed E-state index contributed by atoms with van der Waals surface area (Å²) in [5.41, 5.74) is 9.21. The number of hydrogen-bond acceptors (Lipinski definition) is 5. The normalized spacial score (nSPS) is 47.7. The molecule has 0 amide bonds. The minimum Gasteiger partial charge on any atom is -0.504 e. The predicted molar refractivity (Wildman–Crippen MR) is 105 cm³/mol. The molecule has 4 saturated carbocycles. The van der Waals surface area contributed by atoms with E-state index in [9.17, 15) is 5.11 Å². The molecule has 7 aliphatic rings. The molecule has 8 rings (SSSR count). The molecule has 2 heterocycles. The monoisotopic (exact) mass is 382 g/mol. The first-order chi connectivity index (χ1) is 13.6. The highest BCUT2D eigenvalue weighted by atomic mass is 16.6. The summed E-state index contributed by atoms with van der Waals surface area (Å²) in [5, 5.41) is 10.7. The van der Waals surface area contributed by atoms with Crippen LogP contribution in [0.2, 0.25) is 0 Å². The summed E-state index contributed by atoms with van der Waals surface area (Å²) in [4.78, 5) is 2.81. The number of nitrogens with zero attached hydrogens (tertiary/aromatic N) is 1. The topological polar surface area (TPSA) is 68.0 Å². The Morgan fingerprint density at radius 1 is 1.29 bits per heavy atom. The first-order valence-corrected chi connectivity index (χ1v) is 11.1. The highest BCUT2D eigenvalue weighted by Crippen LogP contribution is 2.75. The number of benzene rings is 1. The van der Waals surface area contributed by atoms with Gasteiger partial charge in [0.15, 0.2) is 11.5 Å². The Balaban J connectivity index is 1.49. The highest BCUT2D eigenvalue weighted by molar-refractivity contribution is 5.63. The fourth-order valence-electron chi connectivity index (χ4n) is 8.44. The molecule has 0 radical (unpaired) electrons. The number of nitrogens with two attached hydrogens (primary N) is 1. The number of likely N-dealkylation sites (tertiary alicyclic amines) is 1. The van der Waals surface area contributed by atoms with Crippen LogP contribution in [0.25, 0.3) is 0 Å². The summed E-state index contributed by atoms with van der Waals surface area (Å²) in [6, 6.07) is 4.52. The van der Waals surface area contributed by atoms with Gasteiger partial charge in [0.2, 0.25) is 0 Å². The van der Waals surface area contributed by atoms with E-state index in [2.05, 4.69) is 11.0 Å². The second-order valence-electron chi connectivity index (χ2n) is 10.5. The van der Waals surface area contributed by atoms with Gasteiger partial charge in [-0.2, -0.15) is 0 Å². The van der Waals surface area contributed by atoms with Gasteiger partial charge in [-0.15, -0.1) is 0 Å². The summed E-state index contributed by atoms with van der Waals surface area (Å²) in [5.74, 6) is 1.92. The standard InChI is InChI=1S/C23H30N2O3/c1-27-23-7-6-21(11-16(23)24)17-10-14-4-5-15(26)19-18(14)22(21,20(23)28-19)8-9-25(17)12-13-2-3-13/h4-5,13,16-17,20,26H,2-3,6-12,24H2,1H3/t16-,17+,20+,21-,22-,23+/m0/s1. The van der Waals surface area contributed by atoms with Gasteiger partial charge in [0.05, 0.1) is 0 Å². The van der Waals surface area contributed by atoms with Crippen LogP contribution >= 0.6 is 0 Å². The zero-order valence-electron chi connectivity index (χ0n) is 16.6. The summed E-state index contributed by atoms with van der Waals surface area (Å²) in [6.07, 6.45) is 8.03. The van der Waals surface area contributed by atoms with Gasteiger partial charge in [0.25, 0.3) is 0 Å². The highest BCUT2D eigenvalue weighted by Gasteiger charge is 2.80. The minimum atomic E-state index is -0.439. The van der Waals surface area contributed by atoms with Crippen molar-refractivity contribution in [1.29, 1.82) is 0 Å². The van der Waals surface area contributed by atoms with Crippen molar-refractivity contribution in [3.63, 3.8) is 0 Å². The van der Waals surface area contributed by atoms with E-state index in [-0.39, 0.29) is 28.7 Å². The Morgan fingerprint density at radius 3 is 2.89 bits per heavy atom. The van der Waals surface area contributed by atoms with Gasteiger partial charge in [-0.1, -0.05) is 6.07 Å². The molecule has 1 aromatic rings. The van der Waals surface area contributed by atoms with Crippen molar-refractivity contribution in [3.8, 4) is 11.5 Å². The third-order valence-electron chi connectivity index (χ3n) is 9.71. The maximum Gasteiger partial charge on any atom is 0.165 e. The smallest absolute Gasteiger partial charge is 0.165 e. The fraction of sp³-hybridized carbons (Fsp3) is 0.739. The van der Waals surface area contributed by atoms with E-state index < -0.39 is 5.60 Å². The molecule has 5 fully saturated rings. The largest absolute Gasteiger partial charge is 0.504 e. The zero-order valence-corrected chi connectivity index (χ0v) is 16.6. The van der Waals surface area contributed by atoms with Crippen LogP contribution in [0.15, 0.2) is 12.1 Å². The molecule has 5 aliphatic carbocycles. The molecule has 4 bridgehead atoms. The molecule has 5 heteroatoms. The van der Waals surface area contributed by atoms with Crippen molar-refractivity contribution in [2.75, 3.05) is 20.2 Å². The maximum absolute atomic E-state index is 10.7. The van der Waals surface area contributed by atoms with E-state index in [4.69, 9.17) is 15.2 Å². The van der Waals surface area contributed by atoms with Crippen molar-refractivity contribution < 1.29 is 14.6 Å². The van der Waals surface area contributed by atoms with E-state index in [1.54, 1.807) is 0 Å². The quantitative estimate of drug-likeness (QED) is 0.840. The fourth-order valence-corrected chi connectivity index (χ4v) is 8.44. The summed E-state index contributed by atoms with van der Waals surface area (Å²) < 4.78 is 12.9. The Bertz CT molecular complexity index is 885. The summed E-state index contributed by atoms with van der Waals surface area (Å²) in [7, 11) is 1.81. The van der Waals surface area contributed by atoms with E-state index >= 15 is 0 Å². The summed E-state index contributed by atoms with van der Waals surface area (Å²) in [6.45, 7) is 2.38. The van der Waals surface area contributed by atoms with Crippen molar-refractivity contribution in [3.05, 3.63) is 23.3 Å². The van der Waals surface area contributed by atoms with Crippen LogP contribution in [-0.2, 0) is 16.6 Å². The number of methoxy groups -OCH3 is 1. The lowest BCUT2D eigenvalue weighted by Gasteiger charge is -2.73. The number of fused-ring (bicyclic) bond motifs is 2. The number of phenols is 1. The molecule has 150 valence electrons. The van der Waals surface area contributed by atoms with Gasteiger partial charge in [0.1, 0.15) is 11.7 Å². The van der Waals surface area contributed by atoms with Crippen molar-refractivity contribution in [2.24, 2.45) is 17.1 Å². The lowest BCUT2D eigenvalue weighted by atomic mass is 9.36. The van der Waals surface area contributed by atoms with Gasteiger partial charge in [0, 0.05) is 42.1 Å². The average molecular weight is 383 g/mol. The lowest BCUT2D eigenvalue weighted by molar-refractivity contribution is -0.259. The number of hydrogen-bond donors (Lipinski definition) is 2. The summed E-state index contributed by atoms with van der Waals surface area (Å²) >= 11 is 0. The third-order valence-corrected chi connectivity index (χ3v) is 9.71. The molecule has 28 heavy (non-hydrogen) atoms. The zero-order chi connectivity index (χ0) is 18.9. The predicted octanol–water partition coefficient (Wildman–Crippen LogP) is 2.33. The Morgan fingerprint density at radius 2 is 2.14 bits per heavy atom. The van der Waals surface area contributed by atoms with Crippen LogP contribution in [0.4, 0.5) is 0 Å². The van der Waals surface area contributed by atoms with Gasteiger partial charge in [-0.25, -0.2) is 0 Å². The molecule has 1 saturated heterocycles. The van der Waals surface area contributed by atoms with Gasteiger partial charge in [-0.3, -0.25) is 4.90 Å². The molecular weight excluding hydrogens is 352 g/mol. The van der Waals surface area contributed by atoms with Crippen molar-refractivity contribution in [1.82, 2.24) is 4.90 Å². The number of phenolic OH excluding ortho intramolecular Hbond substituents is 1. The SMILES string of the molecule is CO[C@]12CC[C@]3(C[C@@H]1N)[C@H]1Cc4ccc(O)c5c4[C@@]3(CCN1CC1CC1)[C@H]2O5. The maximum atomic E-state index is 10.7. The average Bonchev–Trinajstić information content (AvgIpc) is 3.43. The lowest BCUT2D eigenvalue weighted by Crippen LogP contribution is -2.83. The third kappa shape index (κ3) is 1.55. The number of aromatic hydroxyl groups is 1. The Hall–Kier alpha value is -1.30. The van der Waals surface area contributed by atoms with Crippen LogP contribution in [0, 0.1) is 11.3 Å². The van der Waals surface area contributed by atoms with E-state index in [0.29, 0.717) is 6.04 Å². The van der Waals surface area contributed by atoms with E-state index in [0.717, 1.165) is 50.3 Å². The molecular formula is C23H30N2O3. The molecule has 1 aromatic carbocycles. The number of rotatable bonds is 3. The van der Waals surface area contributed by atoms with Gasteiger partial charge < -0.3 is 20.3 Å². The van der Waals surface area contributed by atoms with Crippen LogP contribution in [0.1, 0.15) is 49.7 Å². The van der Waals surface area contributed by atoms with Crippen LogP contribution in [0.5, 0.6) is 11.5 Å². The van der Waals surface area contributed by atoms with Crippen LogP contribution in [-0.4, -0.2) is 54.0 Å². The first-order valence-electron chi connectivity index (χ1n) is 11.1. The molecule has 2 aliphatic heterocycles. The first kappa shape index (κ1) is 16.5. The number of piperidine rings is 1. The van der Waals surface area contributed by atoms with Gasteiger partial charge in [-0.05, 0) is 69.0 Å². The molecule has 5 nitrogen and oxygen atoms in total. The van der Waals surface area contributed by atoms with E-state index in [1.165, 1.54) is 30.5 Å². The van der Waals surface area contributed by atoms with Crippen LogP contribution in [0.3, 0.4) is 0 Å². The molecule has 2 spiro atoms. The van der Waals surface area contributed by atoms with Crippen molar-refractivity contribution >= 4 is 0 Å². The van der Waals surface area contributed by atoms with Gasteiger partial charge >= 0.3 is 0 Å². The molecule has 6 atom stereocenters. The molecule has 0 unspecified atom stereocenters. The van der Waals surface area contributed by atoms with E-state index in [1.807, 2.05) is 13.2 Å². The number of ether oxygens (including phenoxy) is 2. The molecule has 3 N–H and O–H groups in total. The van der Waals surface area contributed by atoms with Crippen molar-refractivity contribution in [2.45, 2.75) is 74.1 Å².